The molecule has 3 aromatic carbocycles. The van der Waals surface area contributed by atoms with Crippen LogP contribution in [0.2, 0.25) is 0 Å². The van der Waals surface area contributed by atoms with Crippen molar-refractivity contribution in [1.29, 1.82) is 0 Å². The van der Waals surface area contributed by atoms with Crippen molar-refractivity contribution in [2.45, 2.75) is 6.54 Å². The van der Waals surface area contributed by atoms with Gasteiger partial charge in [0, 0.05) is 36.2 Å². The zero-order chi connectivity index (χ0) is 16.5. The van der Waals surface area contributed by atoms with Crippen molar-refractivity contribution < 1.29 is 4.79 Å². The summed E-state index contributed by atoms with van der Waals surface area (Å²) in [5, 5.41) is 0. The van der Waals surface area contributed by atoms with Crippen LogP contribution in [-0.2, 0) is 6.54 Å². The molecule has 0 unspecified atom stereocenters. The standard InChI is InChI=1S/C21H18N2O/c1-22-15-16-12-13-19(14-20(16)21(22)24)23(17-8-4-2-5-9-17)18-10-6-3-7-11-18/h2-14H,15H2,1H3. The number of carbonyl (C=O) groups is 1. The largest absolute Gasteiger partial charge is 0.337 e. The Morgan fingerprint density at radius 3 is 1.96 bits per heavy atom. The van der Waals surface area contributed by atoms with Gasteiger partial charge in [-0.2, -0.15) is 0 Å². The zero-order valence-corrected chi connectivity index (χ0v) is 13.5. The van der Waals surface area contributed by atoms with Gasteiger partial charge in [-0.25, -0.2) is 0 Å². The van der Waals surface area contributed by atoms with E-state index in [-0.39, 0.29) is 5.91 Å². The Hall–Kier alpha value is -3.07. The third kappa shape index (κ3) is 2.44. The van der Waals surface area contributed by atoms with Crippen molar-refractivity contribution in [2.24, 2.45) is 0 Å². The summed E-state index contributed by atoms with van der Waals surface area (Å²) in [7, 11) is 1.84. The highest BCUT2D eigenvalue weighted by Gasteiger charge is 2.25. The first-order valence-corrected chi connectivity index (χ1v) is 8.02. The molecule has 0 saturated heterocycles. The molecule has 4 rings (SSSR count). The van der Waals surface area contributed by atoms with E-state index < -0.39 is 0 Å². The van der Waals surface area contributed by atoms with Crippen LogP contribution < -0.4 is 4.90 Å². The highest BCUT2D eigenvalue weighted by molar-refractivity contribution is 5.99. The molecule has 3 heteroatoms. The van der Waals surface area contributed by atoms with E-state index in [9.17, 15) is 4.79 Å². The molecule has 1 aliphatic heterocycles. The average molecular weight is 314 g/mol. The molecule has 1 aliphatic rings. The molecule has 1 amide bonds. The molecule has 0 spiro atoms. The quantitative estimate of drug-likeness (QED) is 0.697. The lowest BCUT2D eigenvalue weighted by atomic mass is 10.1. The van der Waals surface area contributed by atoms with E-state index in [0.29, 0.717) is 6.54 Å². The predicted molar refractivity (Wildman–Crippen MR) is 96.9 cm³/mol. The second-order valence-corrected chi connectivity index (χ2v) is 6.01. The summed E-state index contributed by atoms with van der Waals surface area (Å²) < 4.78 is 0. The van der Waals surface area contributed by atoms with Gasteiger partial charge < -0.3 is 9.80 Å². The van der Waals surface area contributed by atoms with Crippen molar-refractivity contribution in [3.63, 3.8) is 0 Å². The van der Waals surface area contributed by atoms with Crippen LogP contribution in [0.15, 0.2) is 78.9 Å². The number of hydrogen-bond donors (Lipinski definition) is 0. The zero-order valence-electron chi connectivity index (χ0n) is 13.5. The van der Waals surface area contributed by atoms with Gasteiger partial charge in [0.25, 0.3) is 5.91 Å². The Labute approximate surface area is 141 Å². The fraction of sp³-hybridized carbons (Fsp3) is 0.0952. The number of para-hydroxylation sites is 2. The first-order chi connectivity index (χ1) is 11.7. The Morgan fingerprint density at radius 1 is 0.792 bits per heavy atom. The number of fused-ring (bicyclic) bond motifs is 1. The minimum Gasteiger partial charge on any atom is -0.337 e. The Bertz CT molecular complexity index is 835. The maximum absolute atomic E-state index is 12.4. The van der Waals surface area contributed by atoms with Crippen LogP contribution in [-0.4, -0.2) is 17.9 Å². The fourth-order valence-electron chi connectivity index (χ4n) is 3.17. The van der Waals surface area contributed by atoms with Gasteiger partial charge in [-0.05, 0) is 42.0 Å². The van der Waals surface area contributed by atoms with Crippen LogP contribution in [0.1, 0.15) is 15.9 Å². The number of carbonyl (C=O) groups excluding carboxylic acids is 1. The summed E-state index contributed by atoms with van der Waals surface area (Å²) in [6.07, 6.45) is 0. The second-order valence-electron chi connectivity index (χ2n) is 6.01. The first-order valence-electron chi connectivity index (χ1n) is 8.02. The number of rotatable bonds is 3. The van der Waals surface area contributed by atoms with Crippen molar-refractivity contribution in [3.05, 3.63) is 90.0 Å². The summed E-state index contributed by atoms with van der Waals surface area (Å²) in [6.45, 7) is 0.686. The molecule has 0 aliphatic carbocycles. The van der Waals surface area contributed by atoms with E-state index in [1.807, 2.05) is 49.5 Å². The van der Waals surface area contributed by atoms with Crippen LogP contribution in [0.4, 0.5) is 17.1 Å². The van der Waals surface area contributed by atoms with Crippen molar-refractivity contribution in [2.75, 3.05) is 11.9 Å². The monoisotopic (exact) mass is 314 g/mol. The predicted octanol–water partition coefficient (Wildman–Crippen LogP) is 4.74. The van der Waals surface area contributed by atoms with Crippen LogP contribution in [0.25, 0.3) is 0 Å². The van der Waals surface area contributed by atoms with Gasteiger partial charge in [0.05, 0.1) is 0 Å². The fourth-order valence-corrected chi connectivity index (χ4v) is 3.17. The van der Waals surface area contributed by atoms with Crippen LogP contribution in [0.5, 0.6) is 0 Å². The average Bonchev–Trinajstić information content (AvgIpc) is 2.91. The van der Waals surface area contributed by atoms with E-state index in [2.05, 4.69) is 41.3 Å². The van der Waals surface area contributed by atoms with Crippen LogP contribution in [0, 0.1) is 0 Å². The van der Waals surface area contributed by atoms with Crippen molar-refractivity contribution in [3.8, 4) is 0 Å². The van der Waals surface area contributed by atoms with Gasteiger partial charge in [0.1, 0.15) is 0 Å². The number of anilines is 3. The highest BCUT2D eigenvalue weighted by Crippen LogP contribution is 2.36. The smallest absolute Gasteiger partial charge is 0.254 e. The van der Waals surface area contributed by atoms with Gasteiger partial charge in [-0.1, -0.05) is 42.5 Å². The third-order valence-corrected chi connectivity index (χ3v) is 4.37. The third-order valence-electron chi connectivity index (χ3n) is 4.37. The number of amides is 1. The summed E-state index contributed by atoms with van der Waals surface area (Å²) in [6, 6.07) is 26.6. The first kappa shape index (κ1) is 14.5. The molecule has 0 saturated carbocycles. The molecule has 0 N–H and O–H groups in total. The maximum Gasteiger partial charge on any atom is 0.254 e. The van der Waals surface area contributed by atoms with Gasteiger partial charge in [0.15, 0.2) is 0 Å². The van der Waals surface area contributed by atoms with E-state index in [0.717, 1.165) is 28.2 Å². The Morgan fingerprint density at radius 2 is 1.38 bits per heavy atom. The van der Waals surface area contributed by atoms with Crippen molar-refractivity contribution in [1.82, 2.24) is 4.90 Å². The molecule has 0 bridgehead atoms. The molecule has 1 heterocycles. The molecule has 0 atom stereocenters. The lowest BCUT2D eigenvalue weighted by Crippen LogP contribution is -2.17. The van der Waals surface area contributed by atoms with Crippen LogP contribution >= 0.6 is 0 Å². The highest BCUT2D eigenvalue weighted by atomic mass is 16.2. The van der Waals surface area contributed by atoms with E-state index in [4.69, 9.17) is 0 Å². The van der Waals surface area contributed by atoms with Crippen molar-refractivity contribution >= 4 is 23.0 Å². The number of benzene rings is 3. The molecule has 3 nitrogen and oxygen atoms in total. The Balaban J connectivity index is 1.85. The van der Waals surface area contributed by atoms with Gasteiger partial charge in [-0.15, -0.1) is 0 Å². The minimum atomic E-state index is 0.0907. The molecular weight excluding hydrogens is 296 g/mol. The molecule has 0 aromatic heterocycles. The minimum absolute atomic E-state index is 0.0907. The SMILES string of the molecule is CN1Cc2ccc(N(c3ccccc3)c3ccccc3)cc2C1=O. The molecule has 0 fully saturated rings. The topological polar surface area (TPSA) is 23.6 Å². The van der Waals surface area contributed by atoms with E-state index in [1.54, 1.807) is 4.90 Å². The summed E-state index contributed by atoms with van der Waals surface area (Å²) in [4.78, 5) is 16.3. The maximum atomic E-state index is 12.4. The molecule has 3 aromatic rings. The lowest BCUT2D eigenvalue weighted by Gasteiger charge is -2.25. The van der Waals surface area contributed by atoms with E-state index >= 15 is 0 Å². The molecule has 118 valence electrons. The second kappa shape index (κ2) is 5.85. The number of hydrogen-bond acceptors (Lipinski definition) is 2. The number of nitrogens with zero attached hydrogens (tertiary/aromatic N) is 2. The normalized spacial score (nSPS) is 13.0. The summed E-state index contributed by atoms with van der Waals surface area (Å²) in [5.41, 5.74) is 5.03. The molecule has 0 radical (unpaired) electrons. The van der Waals surface area contributed by atoms with Crippen LogP contribution in [0.3, 0.4) is 0 Å². The van der Waals surface area contributed by atoms with Gasteiger partial charge >= 0.3 is 0 Å². The molecule has 24 heavy (non-hydrogen) atoms. The van der Waals surface area contributed by atoms with Gasteiger partial charge in [-0.3, -0.25) is 4.79 Å². The van der Waals surface area contributed by atoms with Gasteiger partial charge in [0.2, 0.25) is 0 Å². The molecular formula is C21H18N2O. The van der Waals surface area contributed by atoms with E-state index in [1.165, 1.54) is 0 Å². The lowest BCUT2D eigenvalue weighted by molar-refractivity contribution is 0.0816. The summed E-state index contributed by atoms with van der Waals surface area (Å²) >= 11 is 0. The summed E-state index contributed by atoms with van der Waals surface area (Å²) in [5.74, 6) is 0.0907. The Kier molecular flexibility index (Phi) is 3.54.